The number of hydrogen-bond acceptors (Lipinski definition) is 7. The van der Waals surface area contributed by atoms with Crippen molar-refractivity contribution in [1.82, 2.24) is 0 Å². The fourth-order valence-corrected chi connectivity index (χ4v) is 3.25. The number of alkyl halides is 2. The van der Waals surface area contributed by atoms with Gasteiger partial charge in [-0.1, -0.05) is 0 Å². The minimum atomic E-state index is -4.77. The third kappa shape index (κ3) is 4.67. The van der Waals surface area contributed by atoms with Gasteiger partial charge in [0.1, 0.15) is 13.2 Å². The summed E-state index contributed by atoms with van der Waals surface area (Å²) in [6, 6.07) is 8.61. The molecule has 30 heavy (non-hydrogen) atoms. The van der Waals surface area contributed by atoms with E-state index >= 15 is 0 Å². The molecule has 1 heterocycles. The van der Waals surface area contributed by atoms with Crippen LogP contribution in [0.2, 0.25) is 0 Å². The van der Waals surface area contributed by atoms with Crippen molar-refractivity contribution in [1.29, 1.82) is 0 Å². The Balaban J connectivity index is 1.61. The lowest BCUT2D eigenvalue weighted by atomic mass is 10.2. The summed E-state index contributed by atoms with van der Waals surface area (Å²) < 4.78 is 63.8. The standard InChI is InChI=1S/C19H17F2NO7S/c1-11(17(23)22-13-4-7-15-16(10-13)28-9-8-27-15)29-18(24)12-2-5-14(6-3-12)30(25,26)19(20)21/h2-7,10-11,19H,8-9H2,1H3,(H,22,23)/t11-/m0/s1. The van der Waals surface area contributed by atoms with Gasteiger partial charge in [0.2, 0.25) is 9.84 Å². The summed E-state index contributed by atoms with van der Waals surface area (Å²) in [5.41, 5.74) is 0.316. The van der Waals surface area contributed by atoms with Crippen molar-refractivity contribution in [3.05, 3.63) is 48.0 Å². The van der Waals surface area contributed by atoms with Crippen LogP contribution in [0.25, 0.3) is 0 Å². The highest BCUT2D eigenvalue weighted by Crippen LogP contribution is 2.32. The third-order valence-corrected chi connectivity index (χ3v) is 5.51. The Hall–Kier alpha value is -3.21. The van der Waals surface area contributed by atoms with Crippen LogP contribution in [0.3, 0.4) is 0 Å². The second-order valence-corrected chi connectivity index (χ2v) is 8.14. The van der Waals surface area contributed by atoms with Gasteiger partial charge in [0.15, 0.2) is 17.6 Å². The third-order valence-electron chi connectivity index (χ3n) is 4.12. The highest BCUT2D eigenvalue weighted by atomic mass is 32.2. The number of sulfone groups is 1. The monoisotopic (exact) mass is 441 g/mol. The quantitative estimate of drug-likeness (QED) is 0.687. The zero-order valence-corrected chi connectivity index (χ0v) is 16.4. The van der Waals surface area contributed by atoms with E-state index in [4.69, 9.17) is 14.2 Å². The van der Waals surface area contributed by atoms with Crippen LogP contribution >= 0.6 is 0 Å². The highest BCUT2D eigenvalue weighted by Gasteiger charge is 2.27. The smallest absolute Gasteiger partial charge is 0.341 e. The molecule has 1 atom stereocenters. The van der Waals surface area contributed by atoms with Crippen molar-refractivity contribution in [3.63, 3.8) is 0 Å². The molecule has 1 aliphatic rings. The van der Waals surface area contributed by atoms with Crippen molar-refractivity contribution in [2.75, 3.05) is 18.5 Å². The first kappa shape index (κ1) is 21.5. The minimum absolute atomic E-state index is 0.0952. The Bertz CT molecular complexity index is 1060. The topological polar surface area (TPSA) is 108 Å². The molecule has 0 spiro atoms. The van der Waals surface area contributed by atoms with Gasteiger partial charge in [0.05, 0.1) is 10.5 Å². The average molecular weight is 441 g/mol. The zero-order chi connectivity index (χ0) is 21.9. The first-order valence-electron chi connectivity index (χ1n) is 8.72. The molecule has 0 aliphatic carbocycles. The van der Waals surface area contributed by atoms with Crippen LogP contribution in [0.15, 0.2) is 47.4 Å². The molecule has 0 radical (unpaired) electrons. The number of hydrogen-bond donors (Lipinski definition) is 1. The van der Waals surface area contributed by atoms with Gasteiger partial charge in [-0.05, 0) is 43.3 Å². The summed E-state index contributed by atoms with van der Waals surface area (Å²) in [7, 11) is -4.77. The number of halogens is 2. The summed E-state index contributed by atoms with van der Waals surface area (Å²) in [5.74, 6) is -4.07. The number of nitrogens with one attached hydrogen (secondary N) is 1. The van der Waals surface area contributed by atoms with E-state index in [0.29, 0.717) is 30.4 Å². The molecule has 1 aliphatic heterocycles. The Morgan fingerprint density at radius 3 is 2.30 bits per heavy atom. The maximum atomic E-state index is 12.6. The van der Waals surface area contributed by atoms with E-state index in [1.54, 1.807) is 18.2 Å². The fraction of sp³-hybridized carbons (Fsp3) is 0.263. The first-order valence-corrected chi connectivity index (χ1v) is 10.3. The molecule has 3 rings (SSSR count). The molecule has 0 fully saturated rings. The predicted octanol–water partition coefficient (Wildman–Crippen LogP) is 2.64. The van der Waals surface area contributed by atoms with Crippen LogP contribution in [0.5, 0.6) is 11.5 Å². The number of fused-ring (bicyclic) bond motifs is 1. The molecule has 0 saturated carbocycles. The van der Waals surface area contributed by atoms with E-state index in [0.717, 1.165) is 24.3 Å². The van der Waals surface area contributed by atoms with Crippen molar-refractivity contribution in [3.8, 4) is 11.5 Å². The van der Waals surface area contributed by atoms with E-state index in [1.807, 2.05) is 0 Å². The van der Waals surface area contributed by atoms with E-state index < -0.39 is 38.5 Å². The Morgan fingerprint density at radius 2 is 1.67 bits per heavy atom. The molecule has 2 aromatic rings. The van der Waals surface area contributed by atoms with Crippen LogP contribution in [0.1, 0.15) is 17.3 Å². The Morgan fingerprint density at radius 1 is 1.03 bits per heavy atom. The van der Waals surface area contributed by atoms with E-state index in [2.05, 4.69) is 5.32 Å². The number of anilines is 1. The number of benzene rings is 2. The molecule has 2 aromatic carbocycles. The average Bonchev–Trinajstić information content (AvgIpc) is 2.73. The molecule has 1 N–H and O–H groups in total. The molecule has 0 aromatic heterocycles. The first-order chi connectivity index (χ1) is 14.2. The summed E-state index contributed by atoms with van der Waals surface area (Å²) in [6.07, 6.45) is -1.19. The zero-order valence-electron chi connectivity index (χ0n) is 15.6. The van der Waals surface area contributed by atoms with Gasteiger partial charge in [-0.3, -0.25) is 4.79 Å². The molecule has 0 unspecified atom stereocenters. The van der Waals surface area contributed by atoms with Crippen molar-refractivity contribution >= 4 is 27.4 Å². The lowest BCUT2D eigenvalue weighted by Gasteiger charge is -2.19. The van der Waals surface area contributed by atoms with Gasteiger partial charge >= 0.3 is 11.7 Å². The molecular formula is C19H17F2NO7S. The normalized spacial score (nSPS) is 14.1. The molecule has 1 amide bonds. The van der Waals surface area contributed by atoms with Gasteiger partial charge in [-0.15, -0.1) is 0 Å². The SMILES string of the molecule is C[C@H](OC(=O)c1ccc(S(=O)(=O)C(F)F)cc1)C(=O)Nc1ccc2c(c1)OCCO2. The van der Waals surface area contributed by atoms with E-state index in [9.17, 15) is 26.8 Å². The summed E-state index contributed by atoms with van der Waals surface area (Å²) in [5, 5.41) is 2.58. The van der Waals surface area contributed by atoms with Gasteiger partial charge in [-0.25, -0.2) is 13.2 Å². The van der Waals surface area contributed by atoms with Gasteiger partial charge in [0, 0.05) is 11.8 Å². The second kappa shape index (κ2) is 8.66. The van der Waals surface area contributed by atoms with Crippen LogP contribution in [-0.2, 0) is 19.4 Å². The summed E-state index contributed by atoms with van der Waals surface area (Å²) in [6.45, 7) is 2.16. The van der Waals surface area contributed by atoms with Crippen LogP contribution < -0.4 is 14.8 Å². The number of amides is 1. The summed E-state index contributed by atoms with van der Waals surface area (Å²) in [4.78, 5) is 23.8. The van der Waals surface area contributed by atoms with Crippen LogP contribution in [-0.4, -0.2) is 45.4 Å². The lowest BCUT2D eigenvalue weighted by Crippen LogP contribution is -2.30. The largest absolute Gasteiger partial charge is 0.486 e. The maximum Gasteiger partial charge on any atom is 0.341 e. The Labute approximate surface area is 170 Å². The molecule has 0 saturated heterocycles. The molecule has 160 valence electrons. The Kier molecular flexibility index (Phi) is 6.20. The number of carbonyl (C=O) groups excluding carboxylic acids is 2. The maximum absolute atomic E-state index is 12.6. The minimum Gasteiger partial charge on any atom is -0.486 e. The molecule has 0 bridgehead atoms. The fourth-order valence-electron chi connectivity index (χ4n) is 2.53. The summed E-state index contributed by atoms with van der Waals surface area (Å²) >= 11 is 0. The lowest BCUT2D eigenvalue weighted by molar-refractivity contribution is -0.123. The van der Waals surface area contributed by atoms with Gasteiger partial charge < -0.3 is 19.5 Å². The van der Waals surface area contributed by atoms with Crippen LogP contribution in [0.4, 0.5) is 14.5 Å². The van der Waals surface area contributed by atoms with Crippen molar-refractivity contribution < 1.29 is 41.0 Å². The number of rotatable bonds is 6. The van der Waals surface area contributed by atoms with Crippen LogP contribution in [0, 0.1) is 0 Å². The van der Waals surface area contributed by atoms with Gasteiger partial charge in [-0.2, -0.15) is 8.78 Å². The van der Waals surface area contributed by atoms with E-state index in [-0.39, 0.29) is 5.56 Å². The molecule has 8 nitrogen and oxygen atoms in total. The second-order valence-electron chi connectivity index (χ2n) is 6.23. The highest BCUT2D eigenvalue weighted by molar-refractivity contribution is 7.91. The predicted molar refractivity (Wildman–Crippen MR) is 101 cm³/mol. The van der Waals surface area contributed by atoms with Gasteiger partial charge in [0.25, 0.3) is 5.91 Å². The molecule has 11 heteroatoms. The number of esters is 1. The number of carbonyl (C=O) groups is 2. The van der Waals surface area contributed by atoms with Crippen molar-refractivity contribution in [2.45, 2.75) is 23.7 Å². The molecular weight excluding hydrogens is 424 g/mol. The number of ether oxygens (including phenoxy) is 3. The van der Waals surface area contributed by atoms with Crippen molar-refractivity contribution in [2.24, 2.45) is 0 Å². The van der Waals surface area contributed by atoms with E-state index in [1.165, 1.54) is 6.92 Å².